The van der Waals surface area contributed by atoms with E-state index < -0.39 is 0 Å². The molecule has 0 spiro atoms. The van der Waals surface area contributed by atoms with E-state index in [2.05, 4.69) is 141 Å². The number of hydrogen-bond acceptors (Lipinski definition) is 4. The van der Waals surface area contributed by atoms with Crippen LogP contribution < -0.4 is 0 Å². The molecule has 52 heavy (non-hydrogen) atoms. The molecular weight excluding hydrogens is 635 g/mol. The van der Waals surface area contributed by atoms with Crippen molar-refractivity contribution in [3.05, 3.63) is 175 Å². The maximum absolute atomic E-state index is 6.85. The Hall–Kier alpha value is -6.65. The zero-order valence-electron chi connectivity index (χ0n) is 28.8. The summed E-state index contributed by atoms with van der Waals surface area (Å²) >= 11 is 0. The van der Waals surface area contributed by atoms with Crippen molar-refractivity contribution < 1.29 is 4.42 Å². The van der Waals surface area contributed by atoms with Crippen LogP contribution in [0.4, 0.5) is 0 Å². The van der Waals surface area contributed by atoms with Crippen molar-refractivity contribution in [2.45, 2.75) is 19.3 Å². The van der Waals surface area contributed by atoms with Crippen LogP contribution in [0.25, 0.3) is 89.5 Å². The van der Waals surface area contributed by atoms with Gasteiger partial charge in [0.25, 0.3) is 0 Å². The van der Waals surface area contributed by atoms with E-state index in [0.717, 1.165) is 49.8 Å². The molecule has 2 aromatic heterocycles. The molecule has 4 nitrogen and oxygen atoms in total. The third-order valence-corrected chi connectivity index (χ3v) is 10.6. The van der Waals surface area contributed by atoms with Gasteiger partial charge < -0.3 is 4.42 Å². The number of benzene rings is 7. The van der Waals surface area contributed by atoms with E-state index in [1.807, 2.05) is 36.4 Å². The minimum absolute atomic E-state index is 0.139. The third kappa shape index (κ3) is 4.79. The van der Waals surface area contributed by atoms with Gasteiger partial charge in [0, 0.05) is 32.9 Å². The van der Waals surface area contributed by atoms with E-state index in [0.29, 0.717) is 17.5 Å². The molecular formula is C48H33N3O. The number of furan rings is 1. The molecule has 2 heterocycles. The van der Waals surface area contributed by atoms with Gasteiger partial charge in [-0.2, -0.15) is 0 Å². The summed E-state index contributed by atoms with van der Waals surface area (Å²) in [6.07, 6.45) is 0. The number of hydrogen-bond donors (Lipinski definition) is 0. The lowest BCUT2D eigenvalue weighted by atomic mass is 9.82. The van der Waals surface area contributed by atoms with Crippen molar-refractivity contribution in [3.63, 3.8) is 0 Å². The van der Waals surface area contributed by atoms with E-state index in [1.165, 1.54) is 33.4 Å². The highest BCUT2D eigenvalue weighted by Crippen LogP contribution is 2.49. The quantitative estimate of drug-likeness (QED) is 0.183. The topological polar surface area (TPSA) is 51.8 Å². The van der Waals surface area contributed by atoms with Crippen LogP contribution in [0.5, 0.6) is 0 Å². The smallest absolute Gasteiger partial charge is 0.167 e. The molecule has 0 bridgehead atoms. The monoisotopic (exact) mass is 667 g/mol. The Labute approximate surface area is 302 Å². The molecule has 0 radical (unpaired) electrons. The van der Waals surface area contributed by atoms with Crippen LogP contribution in [-0.4, -0.2) is 15.0 Å². The van der Waals surface area contributed by atoms with Gasteiger partial charge in [-0.3, -0.25) is 0 Å². The third-order valence-electron chi connectivity index (χ3n) is 10.6. The van der Waals surface area contributed by atoms with E-state index in [-0.39, 0.29) is 5.41 Å². The standard InChI is InChI=1S/C48H33N3O/c1-48(2)41-22-10-9-17-36(41)37-28-27-34(29-42(37)48)46-49-45(33-15-7-4-8-16-33)50-47(51-46)40-21-12-20-39-38-19-11-18-35(43(38)52-44(39)40)32-25-23-31(24-26-32)30-13-5-3-6-14-30/h3-29H,1-2H3. The second-order valence-corrected chi connectivity index (χ2v) is 14.0. The minimum atomic E-state index is -0.139. The summed E-state index contributed by atoms with van der Waals surface area (Å²) in [5.41, 5.74) is 13.9. The molecule has 0 atom stereocenters. The molecule has 246 valence electrons. The lowest BCUT2D eigenvalue weighted by molar-refractivity contribution is 0.660. The van der Waals surface area contributed by atoms with Gasteiger partial charge in [0.1, 0.15) is 11.2 Å². The van der Waals surface area contributed by atoms with Gasteiger partial charge >= 0.3 is 0 Å². The average molecular weight is 668 g/mol. The molecule has 9 aromatic rings. The molecule has 1 aliphatic carbocycles. The van der Waals surface area contributed by atoms with Crippen molar-refractivity contribution in [2.24, 2.45) is 0 Å². The molecule has 0 saturated carbocycles. The van der Waals surface area contributed by atoms with Gasteiger partial charge in [-0.05, 0) is 51.1 Å². The normalized spacial score (nSPS) is 13.0. The van der Waals surface area contributed by atoms with Crippen molar-refractivity contribution in [2.75, 3.05) is 0 Å². The fourth-order valence-corrected chi connectivity index (χ4v) is 7.88. The second kappa shape index (κ2) is 11.7. The Balaban J connectivity index is 1.13. The number of rotatable bonds is 5. The van der Waals surface area contributed by atoms with Crippen LogP contribution in [0.2, 0.25) is 0 Å². The Bertz CT molecular complexity index is 2800. The largest absolute Gasteiger partial charge is 0.455 e. The molecule has 4 heteroatoms. The van der Waals surface area contributed by atoms with Gasteiger partial charge in [0.15, 0.2) is 17.5 Å². The van der Waals surface area contributed by atoms with E-state index in [9.17, 15) is 0 Å². The predicted molar refractivity (Wildman–Crippen MR) is 212 cm³/mol. The zero-order chi connectivity index (χ0) is 34.8. The Morgan fingerprint density at radius 3 is 1.60 bits per heavy atom. The first-order chi connectivity index (χ1) is 25.5. The number of nitrogens with zero attached hydrogens (tertiary/aromatic N) is 3. The highest BCUT2D eigenvalue weighted by atomic mass is 16.3. The van der Waals surface area contributed by atoms with E-state index in [1.54, 1.807) is 0 Å². The minimum Gasteiger partial charge on any atom is -0.455 e. The van der Waals surface area contributed by atoms with Crippen molar-refractivity contribution >= 4 is 21.9 Å². The van der Waals surface area contributed by atoms with Crippen LogP contribution in [0.3, 0.4) is 0 Å². The van der Waals surface area contributed by atoms with Gasteiger partial charge in [-0.1, -0.05) is 166 Å². The summed E-state index contributed by atoms with van der Waals surface area (Å²) < 4.78 is 6.85. The summed E-state index contributed by atoms with van der Waals surface area (Å²) in [5.74, 6) is 1.83. The number of aromatic nitrogens is 3. The molecule has 0 unspecified atom stereocenters. The van der Waals surface area contributed by atoms with Crippen molar-refractivity contribution in [1.82, 2.24) is 15.0 Å². The molecule has 0 aliphatic heterocycles. The van der Waals surface area contributed by atoms with Crippen LogP contribution >= 0.6 is 0 Å². The Kier molecular flexibility index (Phi) is 6.80. The van der Waals surface area contributed by atoms with Crippen molar-refractivity contribution in [1.29, 1.82) is 0 Å². The Morgan fingerprint density at radius 1 is 0.365 bits per heavy atom. The summed E-state index contributed by atoms with van der Waals surface area (Å²) in [6.45, 7) is 4.59. The maximum atomic E-state index is 6.85. The molecule has 7 aromatic carbocycles. The molecule has 0 N–H and O–H groups in total. The second-order valence-electron chi connectivity index (χ2n) is 14.0. The first-order valence-electron chi connectivity index (χ1n) is 17.7. The summed E-state index contributed by atoms with van der Waals surface area (Å²) in [4.78, 5) is 15.3. The fraction of sp³-hybridized carbons (Fsp3) is 0.0625. The Morgan fingerprint density at radius 2 is 0.865 bits per heavy atom. The maximum Gasteiger partial charge on any atom is 0.167 e. The van der Waals surface area contributed by atoms with Gasteiger partial charge in [0.05, 0.1) is 5.56 Å². The highest BCUT2D eigenvalue weighted by molar-refractivity contribution is 6.12. The molecule has 1 aliphatic rings. The number of fused-ring (bicyclic) bond motifs is 6. The highest BCUT2D eigenvalue weighted by Gasteiger charge is 2.35. The van der Waals surface area contributed by atoms with Crippen molar-refractivity contribution in [3.8, 4) is 67.5 Å². The van der Waals surface area contributed by atoms with Crippen LogP contribution in [0.15, 0.2) is 168 Å². The van der Waals surface area contributed by atoms with Gasteiger partial charge in [0.2, 0.25) is 0 Å². The summed E-state index contributed by atoms with van der Waals surface area (Å²) in [7, 11) is 0. The molecule has 10 rings (SSSR count). The lowest BCUT2D eigenvalue weighted by Crippen LogP contribution is -2.15. The predicted octanol–water partition coefficient (Wildman–Crippen LogP) is 12.4. The van der Waals surface area contributed by atoms with Crippen LogP contribution in [0, 0.1) is 0 Å². The first-order valence-corrected chi connectivity index (χ1v) is 17.7. The van der Waals surface area contributed by atoms with E-state index in [4.69, 9.17) is 19.4 Å². The van der Waals surface area contributed by atoms with Gasteiger partial charge in [-0.25, -0.2) is 15.0 Å². The SMILES string of the molecule is CC1(C)c2ccccc2-c2ccc(-c3nc(-c4ccccc4)nc(-c4cccc5c4oc4c(-c6ccc(-c7ccccc7)cc6)cccc45)n3)cc21. The first kappa shape index (κ1) is 30.2. The van der Waals surface area contributed by atoms with Gasteiger partial charge in [-0.15, -0.1) is 0 Å². The van der Waals surface area contributed by atoms with Crippen LogP contribution in [0.1, 0.15) is 25.0 Å². The number of para-hydroxylation sites is 2. The zero-order valence-corrected chi connectivity index (χ0v) is 28.8. The summed E-state index contributed by atoms with van der Waals surface area (Å²) in [5, 5.41) is 2.08. The molecule has 0 fully saturated rings. The average Bonchev–Trinajstić information content (AvgIpc) is 3.70. The lowest BCUT2D eigenvalue weighted by Gasteiger charge is -2.21. The van der Waals surface area contributed by atoms with Crippen LogP contribution in [-0.2, 0) is 5.41 Å². The molecule has 0 amide bonds. The summed E-state index contributed by atoms with van der Waals surface area (Å²) in [6, 6.07) is 57.2. The fourth-order valence-electron chi connectivity index (χ4n) is 7.88. The molecule has 0 saturated heterocycles. The van der Waals surface area contributed by atoms with E-state index >= 15 is 0 Å².